The molecule has 1 aliphatic heterocycles. The van der Waals surface area contributed by atoms with Crippen LogP contribution in [-0.4, -0.2) is 23.8 Å². The summed E-state index contributed by atoms with van der Waals surface area (Å²) < 4.78 is 0. The van der Waals surface area contributed by atoms with Gasteiger partial charge in [0.1, 0.15) is 6.04 Å². The SMILES string of the molecule is O=C(C[C@@H]1C(=O)Nc2ccccc2N1C(=O)c1ccccc1Cl)Nc1ccc(Cl)cc1. The molecule has 0 aromatic heterocycles. The van der Waals surface area contributed by atoms with Gasteiger partial charge in [-0.2, -0.15) is 0 Å². The fourth-order valence-corrected chi connectivity index (χ4v) is 3.75. The molecule has 31 heavy (non-hydrogen) atoms. The highest BCUT2D eigenvalue weighted by atomic mass is 35.5. The van der Waals surface area contributed by atoms with Crippen LogP contribution in [0.15, 0.2) is 72.8 Å². The summed E-state index contributed by atoms with van der Waals surface area (Å²) in [5.41, 5.74) is 1.77. The van der Waals surface area contributed by atoms with Crippen LogP contribution in [0.5, 0.6) is 0 Å². The Bertz CT molecular complexity index is 1160. The Morgan fingerprint density at radius 1 is 0.935 bits per heavy atom. The summed E-state index contributed by atoms with van der Waals surface area (Å²) in [6.07, 6.45) is -0.237. The molecule has 0 unspecified atom stereocenters. The third-order valence-corrected chi connectivity index (χ3v) is 5.45. The first-order valence-corrected chi connectivity index (χ1v) is 10.2. The van der Waals surface area contributed by atoms with Crippen LogP contribution in [-0.2, 0) is 9.59 Å². The highest BCUT2D eigenvalue weighted by molar-refractivity contribution is 6.35. The maximum absolute atomic E-state index is 13.4. The van der Waals surface area contributed by atoms with Gasteiger partial charge in [0.15, 0.2) is 0 Å². The monoisotopic (exact) mass is 453 g/mol. The van der Waals surface area contributed by atoms with E-state index in [1.165, 1.54) is 4.90 Å². The normalized spacial score (nSPS) is 15.1. The second-order valence-corrected chi connectivity index (χ2v) is 7.78. The van der Waals surface area contributed by atoms with Crippen LogP contribution >= 0.6 is 23.2 Å². The number of amides is 3. The first-order valence-electron chi connectivity index (χ1n) is 9.47. The van der Waals surface area contributed by atoms with Crippen molar-refractivity contribution < 1.29 is 14.4 Å². The Morgan fingerprint density at radius 2 is 1.61 bits per heavy atom. The molecule has 0 aliphatic carbocycles. The van der Waals surface area contributed by atoms with Crippen molar-refractivity contribution in [1.82, 2.24) is 0 Å². The van der Waals surface area contributed by atoms with Crippen molar-refractivity contribution in [3.05, 3.63) is 88.4 Å². The van der Waals surface area contributed by atoms with Crippen molar-refractivity contribution in [1.29, 1.82) is 0 Å². The lowest BCUT2D eigenvalue weighted by atomic mass is 10.0. The number of para-hydroxylation sites is 2. The largest absolute Gasteiger partial charge is 0.326 e. The van der Waals surface area contributed by atoms with Crippen LogP contribution < -0.4 is 15.5 Å². The summed E-state index contributed by atoms with van der Waals surface area (Å²) >= 11 is 12.1. The van der Waals surface area contributed by atoms with Gasteiger partial charge in [-0.3, -0.25) is 19.3 Å². The standard InChI is InChI=1S/C23H17Cl2N3O3/c24-14-9-11-15(12-10-14)26-21(29)13-20-22(30)27-18-7-3-4-8-19(18)28(20)23(31)16-5-1-2-6-17(16)25/h1-12,20H,13H2,(H,26,29)(H,27,30)/t20-/m1/s1. The summed E-state index contributed by atoms with van der Waals surface area (Å²) in [6.45, 7) is 0. The van der Waals surface area contributed by atoms with E-state index >= 15 is 0 Å². The minimum Gasteiger partial charge on any atom is -0.326 e. The summed E-state index contributed by atoms with van der Waals surface area (Å²) in [5, 5.41) is 6.31. The van der Waals surface area contributed by atoms with E-state index in [1.807, 2.05) is 0 Å². The van der Waals surface area contributed by atoms with E-state index in [0.29, 0.717) is 22.1 Å². The number of carbonyl (C=O) groups excluding carboxylic acids is 3. The van der Waals surface area contributed by atoms with Crippen LogP contribution in [0.25, 0.3) is 0 Å². The number of hydrogen-bond acceptors (Lipinski definition) is 3. The predicted molar refractivity (Wildman–Crippen MR) is 122 cm³/mol. The summed E-state index contributed by atoms with van der Waals surface area (Å²) in [4.78, 5) is 40.4. The molecule has 3 aromatic rings. The summed E-state index contributed by atoms with van der Waals surface area (Å²) in [5.74, 6) is -1.33. The number of carbonyl (C=O) groups is 3. The molecule has 0 fully saturated rings. The lowest BCUT2D eigenvalue weighted by molar-refractivity contribution is -0.122. The Kier molecular flexibility index (Phi) is 5.93. The number of nitrogens with one attached hydrogen (secondary N) is 2. The van der Waals surface area contributed by atoms with Gasteiger partial charge in [0.2, 0.25) is 11.8 Å². The van der Waals surface area contributed by atoms with E-state index in [1.54, 1.807) is 72.8 Å². The third kappa shape index (κ3) is 4.40. The van der Waals surface area contributed by atoms with Gasteiger partial charge in [-0.25, -0.2) is 0 Å². The minimum atomic E-state index is -1.05. The smallest absolute Gasteiger partial charge is 0.260 e. The molecule has 1 atom stereocenters. The zero-order chi connectivity index (χ0) is 22.0. The minimum absolute atomic E-state index is 0.237. The molecule has 6 nitrogen and oxygen atoms in total. The van der Waals surface area contributed by atoms with E-state index in [-0.39, 0.29) is 17.0 Å². The van der Waals surface area contributed by atoms with Crippen LogP contribution in [0.4, 0.5) is 17.1 Å². The van der Waals surface area contributed by atoms with E-state index in [4.69, 9.17) is 23.2 Å². The maximum atomic E-state index is 13.4. The molecule has 156 valence electrons. The summed E-state index contributed by atoms with van der Waals surface area (Å²) in [7, 11) is 0. The Morgan fingerprint density at radius 3 is 2.35 bits per heavy atom. The van der Waals surface area contributed by atoms with Gasteiger partial charge in [-0.15, -0.1) is 0 Å². The number of rotatable bonds is 4. The third-order valence-electron chi connectivity index (χ3n) is 4.87. The number of fused-ring (bicyclic) bond motifs is 1. The molecule has 0 radical (unpaired) electrons. The summed E-state index contributed by atoms with van der Waals surface area (Å²) in [6, 6.07) is 19.1. The molecule has 1 heterocycles. The van der Waals surface area contributed by atoms with Gasteiger partial charge in [0.05, 0.1) is 28.4 Å². The van der Waals surface area contributed by atoms with Crippen molar-refractivity contribution in [3.63, 3.8) is 0 Å². The van der Waals surface area contributed by atoms with Crippen LogP contribution in [0.3, 0.4) is 0 Å². The van der Waals surface area contributed by atoms with Crippen molar-refractivity contribution >= 4 is 58.0 Å². The Balaban J connectivity index is 1.66. The van der Waals surface area contributed by atoms with Crippen molar-refractivity contribution in [3.8, 4) is 0 Å². The van der Waals surface area contributed by atoms with E-state index in [2.05, 4.69) is 10.6 Å². The van der Waals surface area contributed by atoms with Crippen molar-refractivity contribution in [2.45, 2.75) is 12.5 Å². The van der Waals surface area contributed by atoms with E-state index in [0.717, 1.165) is 0 Å². The average molecular weight is 454 g/mol. The molecular formula is C23H17Cl2N3O3. The highest BCUT2D eigenvalue weighted by Crippen LogP contribution is 2.35. The lowest BCUT2D eigenvalue weighted by Crippen LogP contribution is -2.52. The van der Waals surface area contributed by atoms with Crippen molar-refractivity contribution in [2.75, 3.05) is 15.5 Å². The van der Waals surface area contributed by atoms with Gasteiger partial charge >= 0.3 is 0 Å². The van der Waals surface area contributed by atoms with Gasteiger partial charge in [0, 0.05) is 10.7 Å². The van der Waals surface area contributed by atoms with Crippen molar-refractivity contribution in [2.24, 2.45) is 0 Å². The molecule has 2 N–H and O–H groups in total. The van der Waals surface area contributed by atoms with E-state index < -0.39 is 23.8 Å². The molecular weight excluding hydrogens is 437 g/mol. The second kappa shape index (κ2) is 8.79. The van der Waals surface area contributed by atoms with Crippen LogP contribution in [0.1, 0.15) is 16.8 Å². The maximum Gasteiger partial charge on any atom is 0.260 e. The molecule has 4 rings (SSSR count). The molecule has 3 aromatic carbocycles. The molecule has 0 bridgehead atoms. The first kappa shape index (κ1) is 20.9. The number of benzene rings is 3. The lowest BCUT2D eigenvalue weighted by Gasteiger charge is -2.36. The van der Waals surface area contributed by atoms with Gasteiger partial charge in [0.25, 0.3) is 5.91 Å². The number of halogens is 2. The average Bonchev–Trinajstić information content (AvgIpc) is 2.76. The number of hydrogen-bond donors (Lipinski definition) is 2. The zero-order valence-electron chi connectivity index (χ0n) is 16.1. The predicted octanol–water partition coefficient (Wildman–Crippen LogP) is 4.99. The molecule has 1 aliphatic rings. The fourth-order valence-electron chi connectivity index (χ4n) is 3.41. The second-order valence-electron chi connectivity index (χ2n) is 6.94. The molecule has 3 amide bonds. The zero-order valence-corrected chi connectivity index (χ0v) is 17.7. The van der Waals surface area contributed by atoms with Crippen LogP contribution in [0, 0.1) is 0 Å². The highest BCUT2D eigenvalue weighted by Gasteiger charge is 2.39. The number of anilines is 3. The van der Waals surface area contributed by atoms with Gasteiger partial charge in [-0.1, -0.05) is 47.5 Å². The topological polar surface area (TPSA) is 78.5 Å². The molecule has 8 heteroatoms. The van der Waals surface area contributed by atoms with Gasteiger partial charge in [-0.05, 0) is 48.5 Å². The Labute approximate surface area is 188 Å². The van der Waals surface area contributed by atoms with Crippen LogP contribution in [0.2, 0.25) is 10.0 Å². The molecule has 0 saturated heterocycles. The Hall–Kier alpha value is -3.35. The molecule has 0 spiro atoms. The molecule has 0 saturated carbocycles. The van der Waals surface area contributed by atoms with E-state index in [9.17, 15) is 14.4 Å². The first-order chi connectivity index (χ1) is 14.9. The quantitative estimate of drug-likeness (QED) is 0.583. The number of nitrogens with zero attached hydrogens (tertiary/aromatic N) is 1. The van der Waals surface area contributed by atoms with Gasteiger partial charge < -0.3 is 10.6 Å². The fraction of sp³-hybridized carbons (Fsp3) is 0.0870.